The van der Waals surface area contributed by atoms with Crippen LogP contribution in [0.1, 0.15) is 51.1 Å². The maximum Gasteiger partial charge on any atom is 0.226 e. The summed E-state index contributed by atoms with van der Waals surface area (Å²) in [7, 11) is 0. The lowest BCUT2D eigenvalue weighted by Crippen LogP contribution is -2.53. The average molecular weight is 482 g/mol. The molecule has 0 aliphatic carbocycles. The molecule has 1 aliphatic heterocycles. The lowest BCUT2D eigenvalue weighted by molar-refractivity contribution is -0.150. The van der Waals surface area contributed by atoms with E-state index in [0.717, 1.165) is 17.0 Å². The summed E-state index contributed by atoms with van der Waals surface area (Å²) in [6.45, 7) is 3.31. The Balaban J connectivity index is 0.000000439. The summed E-state index contributed by atoms with van der Waals surface area (Å²) in [5.41, 5.74) is 0.998. The zero-order chi connectivity index (χ0) is 23.7. The van der Waals surface area contributed by atoms with Crippen molar-refractivity contribution < 1.29 is 20.1 Å². The third kappa shape index (κ3) is 7.46. The predicted molar refractivity (Wildman–Crippen MR) is 129 cm³/mol. The number of rotatable bonds is 7. The van der Waals surface area contributed by atoms with Crippen molar-refractivity contribution in [3.05, 3.63) is 70.2 Å². The van der Waals surface area contributed by atoms with Crippen LogP contribution in [0.3, 0.4) is 0 Å². The lowest BCUT2D eigenvalue weighted by Gasteiger charge is -2.45. The van der Waals surface area contributed by atoms with Gasteiger partial charge in [-0.15, -0.1) is 0 Å². The summed E-state index contributed by atoms with van der Waals surface area (Å²) in [6, 6.07) is 16.5. The third-order valence-corrected chi connectivity index (χ3v) is 6.32. The van der Waals surface area contributed by atoms with Crippen molar-refractivity contribution in [3.8, 4) is 0 Å². The van der Waals surface area contributed by atoms with Gasteiger partial charge in [0.2, 0.25) is 5.91 Å². The highest BCUT2D eigenvalue weighted by Crippen LogP contribution is 2.38. The molecule has 1 amide bonds. The summed E-state index contributed by atoms with van der Waals surface area (Å²) < 4.78 is 0. The monoisotopic (exact) mass is 481 g/mol. The first-order valence-corrected chi connectivity index (χ1v) is 11.8. The van der Waals surface area contributed by atoms with E-state index < -0.39 is 12.2 Å². The zero-order valence-electron chi connectivity index (χ0n) is 18.6. The van der Waals surface area contributed by atoms with Crippen LogP contribution in [0.15, 0.2) is 54.6 Å². The summed E-state index contributed by atoms with van der Waals surface area (Å²) in [6.07, 6.45) is 0.743. The Morgan fingerprint density at radius 2 is 1.59 bits per heavy atom. The Kier molecular flexibility index (Phi) is 11.0. The topological polar surface area (TPSA) is 81.0 Å². The number of halogens is 2. The minimum Gasteiger partial charge on any atom is -0.394 e. The van der Waals surface area contributed by atoms with E-state index >= 15 is 0 Å². The number of hydrogen-bond donors (Lipinski definition) is 3. The molecule has 1 saturated heterocycles. The smallest absolute Gasteiger partial charge is 0.226 e. The first-order valence-electron chi connectivity index (χ1n) is 11.0. The van der Waals surface area contributed by atoms with Gasteiger partial charge in [0.15, 0.2) is 0 Å². The van der Waals surface area contributed by atoms with E-state index in [1.807, 2.05) is 61.5 Å². The van der Waals surface area contributed by atoms with Crippen LogP contribution in [-0.4, -0.2) is 51.0 Å². The molecule has 3 rings (SSSR count). The maximum atomic E-state index is 13.1. The molecule has 0 spiro atoms. The molecule has 0 bridgehead atoms. The molecule has 0 aromatic heterocycles. The number of aliphatic hydroxyl groups is 3. The fraction of sp³-hybridized carbons (Fsp3) is 0.480. The molecule has 2 aromatic carbocycles. The Labute approximate surface area is 200 Å². The van der Waals surface area contributed by atoms with Gasteiger partial charge in [-0.2, -0.15) is 0 Å². The first-order chi connectivity index (χ1) is 15.3. The van der Waals surface area contributed by atoms with E-state index in [2.05, 4.69) is 0 Å². The largest absolute Gasteiger partial charge is 0.394 e. The number of hydrogen-bond acceptors (Lipinski definition) is 4. The third-order valence-electron chi connectivity index (χ3n) is 5.82. The van der Waals surface area contributed by atoms with Gasteiger partial charge in [-0.05, 0) is 62.4 Å². The molecule has 32 heavy (non-hydrogen) atoms. The Morgan fingerprint density at radius 3 is 2.06 bits per heavy atom. The molecule has 1 aliphatic rings. The molecule has 2 aromatic rings. The van der Waals surface area contributed by atoms with Crippen molar-refractivity contribution in [2.24, 2.45) is 5.92 Å². The summed E-state index contributed by atoms with van der Waals surface area (Å²) in [4.78, 5) is 14.9. The van der Waals surface area contributed by atoms with Crippen molar-refractivity contribution in [3.63, 3.8) is 0 Å². The Hall–Kier alpha value is -1.63. The molecule has 176 valence electrons. The van der Waals surface area contributed by atoms with Gasteiger partial charge in [0.05, 0.1) is 30.9 Å². The molecular formula is C25H33Cl2NO4. The molecule has 0 radical (unpaired) electrons. The highest BCUT2D eigenvalue weighted by Gasteiger charge is 2.41. The molecule has 1 heterocycles. The summed E-state index contributed by atoms with van der Waals surface area (Å²) >= 11 is 11.5. The standard InChI is InChI=1S/C19H28ClNO4.C6H5Cl/c1-3-17(12(2)23)21-18(13-4-7-15(20)8-5-13)9-6-14(19(21)25)10-16(24)11-22;7-6-4-2-1-3-5-6/h4-5,7-8,12,14,16-18,22-24H,3,6,9-11H2,1-2H3;1-5H. The van der Waals surface area contributed by atoms with E-state index in [0.29, 0.717) is 17.9 Å². The van der Waals surface area contributed by atoms with Crippen LogP contribution in [0.25, 0.3) is 0 Å². The van der Waals surface area contributed by atoms with Crippen molar-refractivity contribution in [2.45, 2.75) is 63.8 Å². The SMILES string of the molecule is CCC(C(C)O)N1C(=O)C(CC(O)CO)CCC1c1ccc(Cl)cc1.Clc1ccccc1. The number of aliphatic hydroxyl groups excluding tert-OH is 3. The van der Waals surface area contributed by atoms with Crippen LogP contribution in [0.4, 0.5) is 0 Å². The van der Waals surface area contributed by atoms with E-state index in [9.17, 15) is 15.0 Å². The van der Waals surface area contributed by atoms with Crippen LogP contribution in [0.2, 0.25) is 10.0 Å². The number of carbonyl (C=O) groups is 1. The Morgan fingerprint density at radius 1 is 1.00 bits per heavy atom. The van der Waals surface area contributed by atoms with Crippen molar-refractivity contribution in [1.82, 2.24) is 4.90 Å². The van der Waals surface area contributed by atoms with E-state index in [1.54, 1.807) is 11.8 Å². The molecule has 5 unspecified atom stereocenters. The van der Waals surface area contributed by atoms with Crippen molar-refractivity contribution in [1.29, 1.82) is 0 Å². The highest BCUT2D eigenvalue weighted by atomic mass is 35.5. The normalized spacial score (nSPS) is 21.3. The molecule has 7 heteroatoms. The molecule has 5 atom stereocenters. The van der Waals surface area contributed by atoms with Gasteiger partial charge >= 0.3 is 0 Å². The fourth-order valence-electron chi connectivity index (χ4n) is 4.20. The summed E-state index contributed by atoms with van der Waals surface area (Å²) in [5, 5.41) is 30.5. The van der Waals surface area contributed by atoms with E-state index in [1.165, 1.54) is 0 Å². The highest BCUT2D eigenvalue weighted by molar-refractivity contribution is 6.30. The number of benzene rings is 2. The first kappa shape index (κ1) is 26.6. The molecular weight excluding hydrogens is 449 g/mol. The van der Waals surface area contributed by atoms with Gasteiger partial charge in [0.1, 0.15) is 0 Å². The number of nitrogens with zero attached hydrogens (tertiary/aromatic N) is 1. The minimum absolute atomic E-state index is 0.0635. The summed E-state index contributed by atoms with van der Waals surface area (Å²) in [5.74, 6) is -0.398. The van der Waals surface area contributed by atoms with Crippen LogP contribution >= 0.6 is 23.2 Å². The van der Waals surface area contributed by atoms with Gasteiger partial charge in [-0.1, -0.05) is 60.5 Å². The quantitative estimate of drug-likeness (QED) is 0.527. The minimum atomic E-state index is -0.894. The van der Waals surface area contributed by atoms with Crippen molar-refractivity contribution in [2.75, 3.05) is 6.61 Å². The van der Waals surface area contributed by atoms with Crippen molar-refractivity contribution >= 4 is 29.1 Å². The van der Waals surface area contributed by atoms with E-state index in [4.69, 9.17) is 28.3 Å². The Bertz CT molecular complexity index is 816. The number of likely N-dealkylation sites (tertiary alicyclic amines) is 1. The van der Waals surface area contributed by atoms with Gasteiger partial charge in [-0.3, -0.25) is 4.79 Å². The van der Waals surface area contributed by atoms with Gasteiger partial charge in [0, 0.05) is 16.0 Å². The van der Waals surface area contributed by atoms with E-state index in [-0.39, 0.29) is 36.9 Å². The number of carbonyl (C=O) groups excluding carboxylic acids is 1. The second-order valence-electron chi connectivity index (χ2n) is 8.17. The molecule has 3 N–H and O–H groups in total. The van der Waals surface area contributed by atoms with Gasteiger partial charge in [-0.25, -0.2) is 0 Å². The number of amides is 1. The van der Waals surface area contributed by atoms with Crippen LogP contribution < -0.4 is 0 Å². The molecule has 1 fully saturated rings. The van der Waals surface area contributed by atoms with Crippen LogP contribution in [0, 0.1) is 5.92 Å². The predicted octanol–water partition coefficient (Wildman–Crippen LogP) is 4.86. The average Bonchev–Trinajstić information content (AvgIpc) is 2.78. The molecule has 0 saturated carbocycles. The zero-order valence-corrected chi connectivity index (χ0v) is 20.1. The van der Waals surface area contributed by atoms with Gasteiger partial charge < -0.3 is 20.2 Å². The second-order valence-corrected chi connectivity index (χ2v) is 9.04. The molecule has 5 nitrogen and oxygen atoms in total. The second kappa shape index (κ2) is 13.2. The maximum absolute atomic E-state index is 13.1. The lowest BCUT2D eigenvalue weighted by atomic mass is 9.83. The van der Waals surface area contributed by atoms with Crippen LogP contribution in [0.5, 0.6) is 0 Å². The van der Waals surface area contributed by atoms with Gasteiger partial charge in [0.25, 0.3) is 0 Å². The number of piperidine rings is 1. The van der Waals surface area contributed by atoms with Crippen LogP contribution in [-0.2, 0) is 4.79 Å². The fourth-order valence-corrected chi connectivity index (χ4v) is 4.47.